The zero-order valence-corrected chi connectivity index (χ0v) is 12.1. The van der Waals surface area contributed by atoms with Crippen LogP contribution in [0.15, 0.2) is 24.3 Å². The maximum atomic E-state index is 12.8. The Kier molecular flexibility index (Phi) is 3.45. The van der Waals surface area contributed by atoms with E-state index in [1.807, 2.05) is 31.2 Å². The Morgan fingerprint density at radius 3 is 2.81 bits per heavy atom. The first-order valence-electron chi connectivity index (χ1n) is 7.32. The predicted molar refractivity (Wildman–Crippen MR) is 77.8 cm³/mol. The molecule has 2 aliphatic rings. The van der Waals surface area contributed by atoms with Crippen LogP contribution in [-0.4, -0.2) is 41.5 Å². The van der Waals surface area contributed by atoms with E-state index in [2.05, 4.69) is 5.32 Å². The van der Waals surface area contributed by atoms with Gasteiger partial charge in [0.2, 0.25) is 5.91 Å². The topological polar surface area (TPSA) is 69.6 Å². The number of nitrogens with one attached hydrogen (secondary N) is 1. The Bertz CT molecular complexity index is 579. The van der Waals surface area contributed by atoms with Crippen molar-refractivity contribution in [1.29, 1.82) is 0 Å². The van der Waals surface area contributed by atoms with Crippen LogP contribution in [0.3, 0.4) is 0 Å². The molecular formula is C16H20N2O3. The number of carbonyl (C=O) groups excluding carboxylic acids is 1. The van der Waals surface area contributed by atoms with Gasteiger partial charge in [0.1, 0.15) is 0 Å². The van der Waals surface area contributed by atoms with Crippen LogP contribution in [0.4, 0.5) is 0 Å². The highest BCUT2D eigenvalue weighted by Crippen LogP contribution is 2.33. The molecule has 1 amide bonds. The smallest absolute Gasteiger partial charge is 0.312 e. The number of nitrogens with zero attached hydrogens (tertiary/aromatic N) is 1. The van der Waals surface area contributed by atoms with E-state index in [1.165, 1.54) is 0 Å². The SMILES string of the molecule is CC1(C(=O)N2Cc3ccccc3C(C(=O)O)C2)CCNC1. The van der Waals surface area contributed by atoms with Crippen LogP contribution in [0.5, 0.6) is 0 Å². The number of rotatable bonds is 2. The molecule has 0 bridgehead atoms. The second-order valence-electron chi connectivity index (χ2n) is 6.26. The Morgan fingerprint density at radius 1 is 1.38 bits per heavy atom. The van der Waals surface area contributed by atoms with Crippen molar-refractivity contribution in [2.75, 3.05) is 19.6 Å². The summed E-state index contributed by atoms with van der Waals surface area (Å²) in [4.78, 5) is 26.0. The third-order valence-corrected chi connectivity index (χ3v) is 4.67. The molecule has 2 aliphatic heterocycles. The average Bonchev–Trinajstić information content (AvgIpc) is 2.93. The van der Waals surface area contributed by atoms with Crippen molar-refractivity contribution >= 4 is 11.9 Å². The summed E-state index contributed by atoms with van der Waals surface area (Å²) in [6.45, 7) is 4.25. The molecular weight excluding hydrogens is 268 g/mol. The highest BCUT2D eigenvalue weighted by Gasteiger charge is 2.42. The van der Waals surface area contributed by atoms with E-state index in [1.54, 1.807) is 4.90 Å². The van der Waals surface area contributed by atoms with E-state index in [4.69, 9.17) is 0 Å². The zero-order valence-electron chi connectivity index (χ0n) is 12.1. The number of amides is 1. The third kappa shape index (κ3) is 2.42. The van der Waals surface area contributed by atoms with Gasteiger partial charge in [-0.3, -0.25) is 9.59 Å². The van der Waals surface area contributed by atoms with Crippen molar-refractivity contribution in [3.05, 3.63) is 35.4 Å². The van der Waals surface area contributed by atoms with E-state index in [9.17, 15) is 14.7 Å². The molecule has 1 fully saturated rings. The van der Waals surface area contributed by atoms with Crippen LogP contribution in [-0.2, 0) is 16.1 Å². The summed E-state index contributed by atoms with van der Waals surface area (Å²) in [5.41, 5.74) is 1.37. The van der Waals surface area contributed by atoms with Gasteiger partial charge >= 0.3 is 5.97 Å². The van der Waals surface area contributed by atoms with Gasteiger partial charge in [0.25, 0.3) is 0 Å². The molecule has 0 saturated carbocycles. The Labute approximate surface area is 123 Å². The number of carbonyl (C=O) groups is 2. The van der Waals surface area contributed by atoms with Crippen molar-refractivity contribution < 1.29 is 14.7 Å². The van der Waals surface area contributed by atoms with Gasteiger partial charge in [0.15, 0.2) is 0 Å². The minimum Gasteiger partial charge on any atom is -0.481 e. The second-order valence-corrected chi connectivity index (χ2v) is 6.26. The fraction of sp³-hybridized carbons (Fsp3) is 0.500. The molecule has 2 unspecified atom stereocenters. The molecule has 21 heavy (non-hydrogen) atoms. The minimum absolute atomic E-state index is 0.0632. The highest BCUT2D eigenvalue weighted by atomic mass is 16.4. The summed E-state index contributed by atoms with van der Waals surface area (Å²) in [5, 5.41) is 12.7. The van der Waals surface area contributed by atoms with Crippen LogP contribution in [0.25, 0.3) is 0 Å². The van der Waals surface area contributed by atoms with E-state index in [-0.39, 0.29) is 12.5 Å². The van der Waals surface area contributed by atoms with Gasteiger partial charge in [-0.25, -0.2) is 0 Å². The minimum atomic E-state index is -0.866. The van der Waals surface area contributed by atoms with Gasteiger partial charge in [-0.15, -0.1) is 0 Å². The molecule has 2 N–H and O–H groups in total. The van der Waals surface area contributed by atoms with Crippen LogP contribution in [0.2, 0.25) is 0 Å². The first-order chi connectivity index (χ1) is 10.0. The fourth-order valence-electron chi connectivity index (χ4n) is 3.35. The summed E-state index contributed by atoms with van der Waals surface area (Å²) in [6, 6.07) is 7.52. The summed E-state index contributed by atoms with van der Waals surface area (Å²) in [7, 11) is 0. The predicted octanol–water partition coefficient (Wildman–Crippen LogP) is 1.20. The van der Waals surface area contributed by atoms with E-state index < -0.39 is 17.3 Å². The van der Waals surface area contributed by atoms with Gasteiger partial charge < -0.3 is 15.3 Å². The lowest BCUT2D eigenvalue weighted by Crippen LogP contribution is -2.47. The summed E-state index contributed by atoms with van der Waals surface area (Å²) < 4.78 is 0. The highest BCUT2D eigenvalue weighted by molar-refractivity contribution is 5.85. The Morgan fingerprint density at radius 2 is 2.14 bits per heavy atom. The molecule has 5 heteroatoms. The van der Waals surface area contributed by atoms with Crippen molar-refractivity contribution in [2.24, 2.45) is 5.41 Å². The molecule has 0 aliphatic carbocycles. The first-order valence-corrected chi connectivity index (χ1v) is 7.32. The van der Waals surface area contributed by atoms with Crippen LogP contribution in [0.1, 0.15) is 30.4 Å². The number of benzene rings is 1. The third-order valence-electron chi connectivity index (χ3n) is 4.67. The number of carboxylic acid groups (broad SMARTS) is 1. The van der Waals surface area contributed by atoms with Crippen LogP contribution < -0.4 is 5.32 Å². The molecule has 2 heterocycles. The molecule has 5 nitrogen and oxygen atoms in total. The molecule has 3 rings (SSSR count). The fourth-order valence-corrected chi connectivity index (χ4v) is 3.35. The lowest BCUT2D eigenvalue weighted by atomic mass is 9.84. The molecule has 2 atom stereocenters. The molecule has 1 saturated heterocycles. The zero-order chi connectivity index (χ0) is 15.0. The summed E-state index contributed by atoms with van der Waals surface area (Å²) in [6.07, 6.45) is 0.807. The van der Waals surface area contributed by atoms with Crippen molar-refractivity contribution in [3.8, 4) is 0 Å². The van der Waals surface area contributed by atoms with E-state index in [0.717, 1.165) is 24.1 Å². The molecule has 1 aromatic rings. The second kappa shape index (κ2) is 5.15. The summed E-state index contributed by atoms with van der Waals surface area (Å²) >= 11 is 0. The number of hydrogen-bond donors (Lipinski definition) is 2. The van der Waals surface area contributed by atoms with Gasteiger partial charge in [-0.1, -0.05) is 24.3 Å². The van der Waals surface area contributed by atoms with Gasteiger partial charge in [0.05, 0.1) is 11.3 Å². The lowest BCUT2D eigenvalue weighted by Gasteiger charge is -2.37. The normalized spacial score (nSPS) is 28.2. The van der Waals surface area contributed by atoms with Gasteiger partial charge in [-0.2, -0.15) is 0 Å². The quantitative estimate of drug-likeness (QED) is 0.858. The van der Waals surface area contributed by atoms with Crippen LogP contribution >= 0.6 is 0 Å². The molecule has 1 aromatic carbocycles. The van der Waals surface area contributed by atoms with Gasteiger partial charge in [0, 0.05) is 19.6 Å². The first kappa shape index (κ1) is 14.1. The number of fused-ring (bicyclic) bond motifs is 1. The number of aliphatic carboxylic acids is 1. The molecule has 112 valence electrons. The van der Waals surface area contributed by atoms with Gasteiger partial charge in [-0.05, 0) is 31.0 Å². The number of hydrogen-bond acceptors (Lipinski definition) is 3. The maximum Gasteiger partial charge on any atom is 0.312 e. The largest absolute Gasteiger partial charge is 0.481 e. The summed E-state index contributed by atoms with van der Waals surface area (Å²) in [5.74, 6) is -1.43. The average molecular weight is 288 g/mol. The molecule has 0 aromatic heterocycles. The monoisotopic (exact) mass is 288 g/mol. The maximum absolute atomic E-state index is 12.8. The van der Waals surface area contributed by atoms with E-state index >= 15 is 0 Å². The Balaban J connectivity index is 1.89. The van der Waals surface area contributed by atoms with E-state index in [0.29, 0.717) is 13.1 Å². The van der Waals surface area contributed by atoms with Crippen molar-refractivity contribution in [2.45, 2.75) is 25.8 Å². The van der Waals surface area contributed by atoms with Crippen molar-refractivity contribution in [1.82, 2.24) is 10.2 Å². The number of carboxylic acids is 1. The standard InChI is InChI=1S/C16H20N2O3/c1-16(6-7-17-10-16)15(21)18-8-11-4-2-3-5-12(11)13(9-18)14(19)20/h2-5,13,17H,6-10H2,1H3,(H,19,20). The van der Waals surface area contributed by atoms with Crippen molar-refractivity contribution in [3.63, 3.8) is 0 Å². The van der Waals surface area contributed by atoms with Crippen LogP contribution in [0, 0.1) is 5.41 Å². The molecule has 0 spiro atoms. The molecule has 0 radical (unpaired) electrons. The lowest BCUT2D eigenvalue weighted by molar-refractivity contribution is -0.145. The Hall–Kier alpha value is -1.88.